The van der Waals surface area contributed by atoms with Crippen LogP contribution in [0, 0.1) is 6.92 Å². The molecule has 0 aliphatic rings. The first-order valence-corrected chi connectivity index (χ1v) is 8.45. The summed E-state index contributed by atoms with van der Waals surface area (Å²) in [4.78, 5) is 0. The van der Waals surface area contributed by atoms with Crippen LogP contribution in [0.5, 0.6) is 0 Å². The van der Waals surface area contributed by atoms with Crippen LogP contribution < -0.4 is 0 Å². The van der Waals surface area contributed by atoms with Gasteiger partial charge in [0.15, 0.2) is 11.2 Å². The summed E-state index contributed by atoms with van der Waals surface area (Å²) in [6, 6.07) is 23.2. The Labute approximate surface area is 143 Å². The second-order valence-corrected chi connectivity index (χ2v) is 6.69. The first-order valence-electron chi connectivity index (χ1n) is 8.45. The van der Waals surface area contributed by atoms with Gasteiger partial charge in [-0.3, -0.25) is 0 Å². The second-order valence-electron chi connectivity index (χ2n) is 6.69. The molecule has 0 spiro atoms. The number of fused-ring (bicyclic) bond motifs is 9. The van der Waals surface area contributed by atoms with Crippen molar-refractivity contribution in [3.63, 3.8) is 0 Å². The Morgan fingerprint density at radius 2 is 1.24 bits per heavy atom. The standard InChI is InChI=1S/C23H14O2/c1-13-6-8-16-17-10-11-19-18-9-7-14-4-2-3-5-15(14)21(18)25-23(19)22(17)24-20(16)12-13/h2-12H,1H3. The molecule has 0 aliphatic heterocycles. The van der Waals surface area contributed by atoms with Gasteiger partial charge in [0.25, 0.3) is 0 Å². The van der Waals surface area contributed by atoms with Crippen molar-refractivity contribution in [2.24, 2.45) is 0 Å². The lowest BCUT2D eigenvalue weighted by molar-refractivity contribution is 0.635. The molecule has 0 saturated heterocycles. The van der Waals surface area contributed by atoms with E-state index in [1.807, 2.05) is 0 Å². The Hall–Kier alpha value is -3.26. The summed E-state index contributed by atoms with van der Waals surface area (Å²) < 4.78 is 12.5. The summed E-state index contributed by atoms with van der Waals surface area (Å²) in [5, 5.41) is 6.79. The van der Waals surface area contributed by atoms with E-state index in [1.54, 1.807) is 0 Å². The molecule has 6 aromatic rings. The largest absolute Gasteiger partial charge is 0.452 e. The van der Waals surface area contributed by atoms with Crippen LogP contribution in [0.4, 0.5) is 0 Å². The van der Waals surface area contributed by atoms with Crippen LogP contribution in [0.1, 0.15) is 5.56 Å². The molecule has 2 aromatic heterocycles. The van der Waals surface area contributed by atoms with E-state index in [0.29, 0.717) is 0 Å². The third-order valence-corrected chi connectivity index (χ3v) is 5.13. The summed E-state index contributed by atoms with van der Waals surface area (Å²) in [7, 11) is 0. The minimum Gasteiger partial charge on any atom is -0.452 e. The van der Waals surface area contributed by atoms with Gasteiger partial charge in [-0.25, -0.2) is 0 Å². The topological polar surface area (TPSA) is 26.3 Å². The van der Waals surface area contributed by atoms with E-state index in [9.17, 15) is 0 Å². The monoisotopic (exact) mass is 322 g/mol. The van der Waals surface area contributed by atoms with Crippen LogP contribution in [0.15, 0.2) is 75.6 Å². The molecule has 0 N–H and O–H groups in total. The van der Waals surface area contributed by atoms with Crippen LogP contribution in [-0.4, -0.2) is 0 Å². The molecular weight excluding hydrogens is 308 g/mol. The van der Waals surface area contributed by atoms with Gasteiger partial charge >= 0.3 is 0 Å². The van der Waals surface area contributed by atoms with Gasteiger partial charge in [-0.05, 0) is 42.1 Å². The number of furan rings is 2. The molecule has 6 rings (SSSR count). The van der Waals surface area contributed by atoms with Crippen molar-refractivity contribution in [1.29, 1.82) is 0 Å². The smallest absolute Gasteiger partial charge is 0.178 e. The molecule has 4 aromatic carbocycles. The van der Waals surface area contributed by atoms with Crippen molar-refractivity contribution in [2.75, 3.05) is 0 Å². The van der Waals surface area contributed by atoms with E-state index >= 15 is 0 Å². The highest BCUT2D eigenvalue weighted by molar-refractivity contribution is 6.22. The maximum Gasteiger partial charge on any atom is 0.178 e. The maximum atomic E-state index is 6.35. The van der Waals surface area contributed by atoms with E-state index in [-0.39, 0.29) is 0 Å². The van der Waals surface area contributed by atoms with E-state index < -0.39 is 0 Å². The Balaban J connectivity index is 1.86. The molecule has 0 amide bonds. The van der Waals surface area contributed by atoms with Gasteiger partial charge in [-0.15, -0.1) is 0 Å². The van der Waals surface area contributed by atoms with Crippen LogP contribution >= 0.6 is 0 Å². The van der Waals surface area contributed by atoms with Gasteiger partial charge in [0.2, 0.25) is 0 Å². The summed E-state index contributed by atoms with van der Waals surface area (Å²) in [5.74, 6) is 0. The number of benzene rings is 4. The van der Waals surface area contributed by atoms with Crippen molar-refractivity contribution in [3.8, 4) is 0 Å². The molecule has 2 heteroatoms. The highest BCUT2D eigenvalue weighted by Gasteiger charge is 2.16. The third kappa shape index (κ3) is 1.64. The first-order chi connectivity index (χ1) is 12.3. The molecule has 0 bridgehead atoms. The minimum absolute atomic E-state index is 0.831. The van der Waals surface area contributed by atoms with E-state index in [4.69, 9.17) is 8.83 Å². The van der Waals surface area contributed by atoms with Gasteiger partial charge in [0, 0.05) is 26.9 Å². The average molecular weight is 322 g/mol. The molecule has 118 valence electrons. The predicted molar refractivity (Wildman–Crippen MR) is 103 cm³/mol. The number of aryl methyl sites for hydroxylation is 1. The molecule has 0 aliphatic carbocycles. The van der Waals surface area contributed by atoms with Crippen molar-refractivity contribution >= 4 is 54.6 Å². The predicted octanol–water partition coefficient (Wildman–Crippen LogP) is 6.95. The zero-order valence-electron chi connectivity index (χ0n) is 13.7. The fourth-order valence-electron chi connectivity index (χ4n) is 3.90. The number of hydrogen-bond donors (Lipinski definition) is 0. The van der Waals surface area contributed by atoms with E-state index in [2.05, 4.69) is 73.7 Å². The van der Waals surface area contributed by atoms with Gasteiger partial charge in [-0.2, -0.15) is 0 Å². The lowest BCUT2D eigenvalue weighted by Gasteiger charge is -1.97. The van der Waals surface area contributed by atoms with Gasteiger partial charge < -0.3 is 8.83 Å². The van der Waals surface area contributed by atoms with Crippen LogP contribution in [0.2, 0.25) is 0 Å². The highest BCUT2D eigenvalue weighted by Crippen LogP contribution is 2.40. The van der Waals surface area contributed by atoms with Crippen molar-refractivity contribution in [1.82, 2.24) is 0 Å². The first kappa shape index (κ1) is 13.1. The molecule has 2 heterocycles. The number of hydrogen-bond acceptors (Lipinski definition) is 2. The summed E-state index contributed by atoms with van der Waals surface area (Å²) in [6.07, 6.45) is 0. The van der Waals surface area contributed by atoms with Crippen molar-refractivity contribution in [2.45, 2.75) is 6.92 Å². The molecule has 25 heavy (non-hydrogen) atoms. The highest BCUT2D eigenvalue weighted by atomic mass is 16.4. The van der Waals surface area contributed by atoms with Crippen molar-refractivity contribution < 1.29 is 8.83 Å². The van der Waals surface area contributed by atoms with Crippen molar-refractivity contribution in [3.05, 3.63) is 72.3 Å². The Kier molecular flexibility index (Phi) is 2.31. The molecule has 0 unspecified atom stereocenters. The maximum absolute atomic E-state index is 6.35. The summed E-state index contributed by atoms with van der Waals surface area (Å²) >= 11 is 0. The third-order valence-electron chi connectivity index (χ3n) is 5.13. The van der Waals surface area contributed by atoms with Crippen LogP contribution in [-0.2, 0) is 0 Å². The minimum atomic E-state index is 0.831. The zero-order valence-corrected chi connectivity index (χ0v) is 13.7. The Bertz CT molecular complexity index is 1450. The summed E-state index contributed by atoms with van der Waals surface area (Å²) in [6.45, 7) is 2.08. The molecule has 0 saturated carbocycles. The lowest BCUT2D eigenvalue weighted by Crippen LogP contribution is -1.72. The molecular formula is C23H14O2. The van der Waals surface area contributed by atoms with Gasteiger partial charge in [-0.1, -0.05) is 42.5 Å². The van der Waals surface area contributed by atoms with Crippen LogP contribution in [0.25, 0.3) is 54.6 Å². The molecule has 0 radical (unpaired) electrons. The SMILES string of the molecule is Cc1ccc2c(c1)oc1c2ccc2c3ccc4ccccc4c3oc21. The Morgan fingerprint density at radius 3 is 2.16 bits per heavy atom. The van der Waals surface area contributed by atoms with Gasteiger partial charge in [0.05, 0.1) is 0 Å². The molecule has 2 nitrogen and oxygen atoms in total. The average Bonchev–Trinajstić information content (AvgIpc) is 3.19. The summed E-state index contributed by atoms with van der Waals surface area (Å²) in [5.41, 5.74) is 4.69. The quantitative estimate of drug-likeness (QED) is 0.302. The van der Waals surface area contributed by atoms with E-state index in [1.165, 1.54) is 10.9 Å². The fourth-order valence-corrected chi connectivity index (χ4v) is 3.90. The van der Waals surface area contributed by atoms with E-state index in [0.717, 1.165) is 49.3 Å². The molecule has 0 fully saturated rings. The van der Waals surface area contributed by atoms with Crippen LogP contribution in [0.3, 0.4) is 0 Å². The normalized spacial score (nSPS) is 12.2. The Morgan fingerprint density at radius 1 is 0.560 bits per heavy atom. The zero-order chi connectivity index (χ0) is 16.5. The number of rotatable bonds is 0. The lowest BCUT2D eigenvalue weighted by atomic mass is 10.0. The van der Waals surface area contributed by atoms with Gasteiger partial charge in [0.1, 0.15) is 11.2 Å². The second kappa shape index (κ2) is 4.42. The molecule has 0 atom stereocenters. The fraction of sp³-hybridized carbons (Fsp3) is 0.0435.